The van der Waals surface area contributed by atoms with Gasteiger partial charge >= 0.3 is 12.2 Å². The van der Waals surface area contributed by atoms with Gasteiger partial charge in [-0.15, -0.1) is 0 Å². The van der Waals surface area contributed by atoms with Crippen molar-refractivity contribution in [3.8, 4) is 11.5 Å². The van der Waals surface area contributed by atoms with Gasteiger partial charge in [-0.3, -0.25) is 0 Å². The SMILES string of the molecule is CCC(CO)CO.CCC1COC(C2CCC(c3cc(F)c(C(F)(F)Oc4cc(F)c(F)c(F)c4)c(F)c3)OC2)OC1.O=CC1CCC(c2cc(F)c(C(F)(F)Oc3cc(F)c(F)c(F)c3)c(F)c2)OC1. The molecule has 4 atom stereocenters. The van der Waals surface area contributed by atoms with Crippen molar-refractivity contribution in [1.29, 1.82) is 0 Å². The summed E-state index contributed by atoms with van der Waals surface area (Å²) in [5, 5.41) is 16.7. The van der Waals surface area contributed by atoms with Crippen LogP contribution < -0.4 is 9.47 Å². The molecule has 392 valence electrons. The number of aliphatic hydroxyl groups is 2. The molecule has 0 spiro atoms. The third-order valence-electron chi connectivity index (χ3n) is 11.7. The predicted octanol–water partition coefficient (Wildman–Crippen LogP) is 11.6. The zero-order chi connectivity index (χ0) is 52.4. The highest BCUT2D eigenvalue weighted by atomic mass is 19.3. The zero-order valence-corrected chi connectivity index (χ0v) is 37.8. The summed E-state index contributed by atoms with van der Waals surface area (Å²) in [6.07, 6.45) is -7.22. The molecular formula is C48H48F14O9. The van der Waals surface area contributed by atoms with Crippen molar-refractivity contribution in [2.24, 2.45) is 23.7 Å². The van der Waals surface area contributed by atoms with Gasteiger partial charge in [0.05, 0.1) is 38.6 Å². The number of carbonyl (C=O) groups excluding carboxylic acids is 1. The third-order valence-corrected chi connectivity index (χ3v) is 11.7. The van der Waals surface area contributed by atoms with Crippen LogP contribution in [0.1, 0.15) is 86.8 Å². The van der Waals surface area contributed by atoms with E-state index < -0.39 is 112 Å². The number of halogens is 14. The van der Waals surface area contributed by atoms with E-state index in [1.807, 2.05) is 13.8 Å². The van der Waals surface area contributed by atoms with Crippen LogP contribution in [-0.4, -0.2) is 62.4 Å². The predicted molar refractivity (Wildman–Crippen MR) is 221 cm³/mol. The van der Waals surface area contributed by atoms with Gasteiger partial charge in [-0.25, -0.2) is 43.9 Å². The van der Waals surface area contributed by atoms with E-state index in [1.165, 1.54) is 0 Å². The fourth-order valence-corrected chi connectivity index (χ4v) is 7.47. The first-order chi connectivity index (χ1) is 33.5. The molecule has 3 saturated heterocycles. The van der Waals surface area contributed by atoms with E-state index in [-0.39, 0.29) is 86.0 Å². The minimum absolute atomic E-state index is 0.00778. The molecule has 0 amide bonds. The topological polar surface area (TPSA) is 113 Å². The number of aldehydes is 1. The van der Waals surface area contributed by atoms with Crippen LogP contribution in [0.25, 0.3) is 0 Å². The molecule has 9 nitrogen and oxygen atoms in total. The lowest BCUT2D eigenvalue weighted by atomic mass is 9.93. The standard InChI is InChI=1S/C24H23F7O4.C19H13F7O3.C5H12O2/c1-2-12-9-33-23(34-10-12)13-3-4-20(32-11-13)14-5-16(25)21(17(26)6-14)24(30,31)35-15-7-18(27)22(29)19(28)8-15;20-12-3-10(16-2-1-9(7-27)8-28-16)4-13(21)17(12)19(25,26)29-11-5-14(22)18(24)15(23)6-11;1-2-5(3-6)4-7/h5-8,12-13,20,23H,2-4,9-11H2,1H3;3-7,9,16H,1-2,8H2;5-7H,2-4H2,1H3. The minimum atomic E-state index is -4.65. The number of carbonyl (C=O) groups is 1. The van der Waals surface area contributed by atoms with Crippen LogP contribution in [0.5, 0.6) is 11.5 Å². The number of benzene rings is 4. The number of aliphatic hydroxyl groups excluding tert-OH is 2. The van der Waals surface area contributed by atoms with Crippen molar-refractivity contribution in [2.75, 3.05) is 39.6 Å². The van der Waals surface area contributed by atoms with Gasteiger partial charge in [0, 0.05) is 61.2 Å². The Hall–Kier alpha value is -5.07. The quantitative estimate of drug-likeness (QED) is 0.0724. The summed E-state index contributed by atoms with van der Waals surface area (Å²) in [6, 6.07) is 3.19. The van der Waals surface area contributed by atoms with Gasteiger partial charge in [0.2, 0.25) is 0 Å². The number of hydrogen-bond donors (Lipinski definition) is 2. The fourth-order valence-electron chi connectivity index (χ4n) is 7.47. The largest absolute Gasteiger partial charge is 0.432 e. The van der Waals surface area contributed by atoms with Crippen molar-refractivity contribution >= 4 is 6.29 Å². The molecule has 0 aliphatic carbocycles. The fraction of sp³-hybridized carbons (Fsp3) is 0.479. The van der Waals surface area contributed by atoms with Crippen LogP contribution in [0, 0.1) is 81.8 Å². The Morgan fingerprint density at radius 1 is 0.563 bits per heavy atom. The molecule has 0 bridgehead atoms. The molecule has 0 radical (unpaired) electrons. The van der Waals surface area contributed by atoms with Gasteiger partial charge < -0.3 is 43.4 Å². The molecule has 3 aliphatic heterocycles. The van der Waals surface area contributed by atoms with E-state index in [0.29, 0.717) is 68.9 Å². The zero-order valence-electron chi connectivity index (χ0n) is 37.8. The van der Waals surface area contributed by atoms with Crippen LogP contribution in [0.4, 0.5) is 61.5 Å². The van der Waals surface area contributed by atoms with Gasteiger partial charge in [-0.2, -0.15) is 17.6 Å². The van der Waals surface area contributed by atoms with Crippen molar-refractivity contribution in [1.82, 2.24) is 0 Å². The lowest BCUT2D eigenvalue weighted by Gasteiger charge is -2.37. The van der Waals surface area contributed by atoms with Gasteiger partial charge in [0.1, 0.15) is 52.2 Å². The summed E-state index contributed by atoms with van der Waals surface area (Å²) in [5.41, 5.74) is -3.58. The summed E-state index contributed by atoms with van der Waals surface area (Å²) >= 11 is 0. The van der Waals surface area contributed by atoms with Gasteiger partial charge in [-0.1, -0.05) is 13.8 Å². The molecular weight excluding hydrogens is 986 g/mol. The molecule has 7 rings (SSSR count). The Labute approximate surface area is 397 Å². The van der Waals surface area contributed by atoms with Crippen LogP contribution in [-0.2, 0) is 36.0 Å². The molecule has 3 heterocycles. The Balaban J connectivity index is 0.000000236. The molecule has 23 heteroatoms. The van der Waals surface area contributed by atoms with E-state index in [1.54, 1.807) is 0 Å². The molecule has 4 aromatic carbocycles. The van der Waals surface area contributed by atoms with Crippen molar-refractivity contribution < 1.29 is 105 Å². The first-order valence-corrected chi connectivity index (χ1v) is 22.1. The van der Waals surface area contributed by atoms with Crippen molar-refractivity contribution in [2.45, 2.75) is 83.1 Å². The molecule has 0 saturated carbocycles. The first kappa shape index (κ1) is 56.8. The second-order valence-corrected chi connectivity index (χ2v) is 16.8. The Morgan fingerprint density at radius 2 is 0.958 bits per heavy atom. The molecule has 0 aromatic heterocycles. The second-order valence-electron chi connectivity index (χ2n) is 16.8. The van der Waals surface area contributed by atoms with E-state index in [0.717, 1.165) is 12.8 Å². The average Bonchev–Trinajstić information content (AvgIpc) is 3.32. The molecule has 71 heavy (non-hydrogen) atoms. The lowest BCUT2D eigenvalue weighted by molar-refractivity contribution is -0.241. The van der Waals surface area contributed by atoms with Crippen LogP contribution in [0.3, 0.4) is 0 Å². The molecule has 3 aliphatic rings. The van der Waals surface area contributed by atoms with Crippen LogP contribution in [0.2, 0.25) is 0 Å². The number of ether oxygens (including phenoxy) is 6. The summed E-state index contributed by atoms with van der Waals surface area (Å²) < 4.78 is 225. The van der Waals surface area contributed by atoms with E-state index in [4.69, 9.17) is 29.2 Å². The Kier molecular flexibility index (Phi) is 20.1. The van der Waals surface area contributed by atoms with Gasteiger partial charge in [0.25, 0.3) is 0 Å². The Bertz CT molecular complexity index is 2300. The molecule has 4 aromatic rings. The maximum atomic E-state index is 14.6. The maximum Gasteiger partial charge on any atom is 0.432 e. The maximum absolute atomic E-state index is 14.6. The number of hydrogen-bond acceptors (Lipinski definition) is 9. The molecule has 4 unspecified atom stereocenters. The molecule has 2 N–H and O–H groups in total. The van der Waals surface area contributed by atoms with Gasteiger partial charge in [0.15, 0.2) is 41.2 Å². The highest BCUT2D eigenvalue weighted by molar-refractivity contribution is 5.53. The van der Waals surface area contributed by atoms with E-state index >= 15 is 0 Å². The summed E-state index contributed by atoms with van der Waals surface area (Å²) in [4.78, 5) is 10.7. The van der Waals surface area contributed by atoms with Crippen LogP contribution in [0.15, 0.2) is 48.5 Å². The minimum Gasteiger partial charge on any atom is -0.429 e. The van der Waals surface area contributed by atoms with Crippen LogP contribution >= 0.6 is 0 Å². The number of alkyl halides is 4. The Morgan fingerprint density at radius 3 is 1.25 bits per heavy atom. The van der Waals surface area contributed by atoms with Gasteiger partial charge in [-0.05, 0) is 73.9 Å². The monoisotopic (exact) mass is 1030 g/mol. The normalized spacial score (nSPS) is 21.7. The highest BCUT2D eigenvalue weighted by Gasteiger charge is 2.44. The van der Waals surface area contributed by atoms with E-state index in [2.05, 4.69) is 9.47 Å². The number of rotatable bonds is 14. The summed E-state index contributed by atoms with van der Waals surface area (Å²) in [7, 11) is 0. The first-order valence-electron chi connectivity index (χ1n) is 22.1. The summed E-state index contributed by atoms with van der Waals surface area (Å²) in [6.45, 7) is 5.56. The van der Waals surface area contributed by atoms with E-state index in [9.17, 15) is 66.3 Å². The smallest absolute Gasteiger partial charge is 0.429 e. The van der Waals surface area contributed by atoms with Crippen molar-refractivity contribution in [3.05, 3.63) is 129 Å². The lowest BCUT2D eigenvalue weighted by Crippen LogP contribution is -2.40. The molecule has 3 fully saturated rings. The summed E-state index contributed by atoms with van der Waals surface area (Å²) in [5.74, 6) is -19.9. The highest BCUT2D eigenvalue weighted by Crippen LogP contribution is 2.41. The average molecular weight is 1030 g/mol. The third kappa shape index (κ3) is 14.6. The second kappa shape index (κ2) is 25.0. The van der Waals surface area contributed by atoms with Crippen molar-refractivity contribution in [3.63, 3.8) is 0 Å².